The molecular weight excluding hydrogens is 843 g/mol. The summed E-state index contributed by atoms with van der Waals surface area (Å²) in [6.45, 7) is 13.9. The highest BCUT2D eigenvalue weighted by molar-refractivity contribution is 5.79. The van der Waals surface area contributed by atoms with Gasteiger partial charge in [-0.05, 0) is 34.2 Å². The molecule has 0 saturated carbocycles. The molecule has 3 aromatic rings. The van der Waals surface area contributed by atoms with E-state index in [1.807, 2.05) is 54.6 Å². The summed E-state index contributed by atoms with van der Waals surface area (Å²) in [6, 6.07) is 26.6. The molecule has 0 saturated heterocycles. The fourth-order valence-corrected chi connectivity index (χ4v) is 6.42. The largest absolute Gasteiger partial charge is 0.449 e. The zero-order valence-corrected chi connectivity index (χ0v) is 38.2. The maximum Gasteiger partial charge on any atom is 0.407 e. The minimum atomic E-state index is -0.417. The first-order valence-corrected chi connectivity index (χ1v) is 23.0. The van der Waals surface area contributed by atoms with Crippen LogP contribution in [0.4, 0.5) is 4.79 Å². The van der Waals surface area contributed by atoms with Crippen molar-refractivity contribution < 1.29 is 71.1 Å². The van der Waals surface area contributed by atoms with Crippen molar-refractivity contribution in [1.29, 1.82) is 0 Å². The van der Waals surface area contributed by atoms with Crippen LogP contribution in [0.1, 0.15) is 29.0 Å². The highest BCUT2D eigenvalue weighted by atomic mass is 16.6. The third-order valence-corrected chi connectivity index (χ3v) is 9.65. The van der Waals surface area contributed by atoms with E-state index in [2.05, 4.69) is 29.6 Å². The van der Waals surface area contributed by atoms with Gasteiger partial charge in [0.1, 0.15) is 6.61 Å². The Balaban J connectivity index is 0.746. The summed E-state index contributed by atoms with van der Waals surface area (Å²) >= 11 is 0. The summed E-state index contributed by atoms with van der Waals surface area (Å²) in [5, 5.41) is 2.81. The van der Waals surface area contributed by atoms with E-state index in [-0.39, 0.29) is 5.92 Å². The van der Waals surface area contributed by atoms with Crippen molar-refractivity contribution in [2.45, 2.75) is 18.9 Å². The number of nitrogens with one attached hydrogen (secondary N) is 1. The van der Waals surface area contributed by atoms with Crippen LogP contribution >= 0.6 is 0 Å². The number of amides is 1. The third-order valence-electron chi connectivity index (χ3n) is 9.65. The van der Waals surface area contributed by atoms with Gasteiger partial charge in [-0.1, -0.05) is 78.9 Å². The first kappa shape index (κ1) is 54.0. The van der Waals surface area contributed by atoms with E-state index in [1.165, 1.54) is 22.3 Å². The van der Waals surface area contributed by atoms with Crippen LogP contribution in [0.2, 0.25) is 0 Å². The fourth-order valence-electron chi connectivity index (χ4n) is 6.42. The summed E-state index contributed by atoms with van der Waals surface area (Å²) < 4.78 is 77.4. The summed E-state index contributed by atoms with van der Waals surface area (Å²) in [5.41, 5.74) is 5.96. The molecule has 0 heterocycles. The molecule has 1 N–H and O–H groups in total. The van der Waals surface area contributed by atoms with Gasteiger partial charge in [0.15, 0.2) is 0 Å². The highest BCUT2D eigenvalue weighted by Gasteiger charge is 2.29. The lowest BCUT2D eigenvalue weighted by molar-refractivity contribution is -0.0291. The minimum Gasteiger partial charge on any atom is -0.449 e. The molecule has 0 atom stereocenters. The van der Waals surface area contributed by atoms with Crippen LogP contribution in [0.5, 0.6) is 0 Å². The molecule has 0 aromatic heterocycles. The summed E-state index contributed by atoms with van der Waals surface area (Å²) in [5.74, 6) is 0.0463. The quantitative estimate of drug-likeness (QED) is 0.0726. The number of carbonyl (C=O) groups excluding carboxylic acids is 1. The summed E-state index contributed by atoms with van der Waals surface area (Å²) in [6.07, 6.45) is 0.264. The predicted octanol–water partition coefficient (Wildman–Crippen LogP) is 5.33. The van der Waals surface area contributed by atoms with E-state index in [1.54, 1.807) is 0 Å². The van der Waals surface area contributed by atoms with Crippen molar-refractivity contribution in [3.05, 3.63) is 95.6 Å². The molecule has 364 valence electrons. The van der Waals surface area contributed by atoms with E-state index in [0.717, 1.165) is 5.56 Å². The van der Waals surface area contributed by atoms with Crippen molar-refractivity contribution in [3.8, 4) is 11.1 Å². The van der Waals surface area contributed by atoms with Gasteiger partial charge in [-0.25, -0.2) is 4.79 Å². The average molecular weight is 916 g/mol. The molecule has 16 heteroatoms. The number of alkyl carbamates (subject to hydrolysis) is 1. The topological polar surface area (TPSA) is 158 Å². The second-order valence-corrected chi connectivity index (χ2v) is 14.5. The molecule has 0 aliphatic heterocycles. The zero-order valence-electron chi connectivity index (χ0n) is 38.2. The van der Waals surface area contributed by atoms with Gasteiger partial charge < -0.3 is 71.6 Å². The van der Waals surface area contributed by atoms with E-state index < -0.39 is 6.09 Å². The molecule has 4 rings (SSSR count). The number of benzene rings is 3. The Hall–Kier alpha value is -3.59. The molecule has 1 aliphatic rings. The van der Waals surface area contributed by atoms with E-state index >= 15 is 0 Å². The van der Waals surface area contributed by atoms with Crippen LogP contribution in [0.25, 0.3) is 11.1 Å². The molecule has 65 heavy (non-hydrogen) atoms. The molecular formula is C49H73NO15. The van der Waals surface area contributed by atoms with E-state index in [4.69, 9.17) is 66.3 Å². The van der Waals surface area contributed by atoms with Crippen LogP contribution in [-0.4, -0.2) is 184 Å². The van der Waals surface area contributed by atoms with Crippen LogP contribution in [0.15, 0.2) is 78.9 Å². The van der Waals surface area contributed by atoms with Crippen molar-refractivity contribution >= 4 is 6.09 Å². The number of hydrogen-bond donors (Lipinski definition) is 1. The Morgan fingerprint density at radius 1 is 0.369 bits per heavy atom. The van der Waals surface area contributed by atoms with Gasteiger partial charge in [0.25, 0.3) is 0 Å². The van der Waals surface area contributed by atoms with Crippen molar-refractivity contribution in [2.24, 2.45) is 0 Å². The Bertz CT molecular complexity index is 1530. The van der Waals surface area contributed by atoms with Gasteiger partial charge in [0.2, 0.25) is 0 Å². The van der Waals surface area contributed by atoms with Crippen LogP contribution in [0.3, 0.4) is 0 Å². The van der Waals surface area contributed by atoms with Crippen LogP contribution in [0, 0.1) is 0 Å². The molecule has 0 unspecified atom stereocenters. The number of ether oxygens (including phenoxy) is 14. The van der Waals surface area contributed by atoms with Gasteiger partial charge in [-0.15, -0.1) is 0 Å². The highest BCUT2D eigenvalue weighted by Crippen LogP contribution is 2.44. The predicted molar refractivity (Wildman–Crippen MR) is 244 cm³/mol. The Morgan fingerprint density at radius 2 is 0.677 bits per heavy atom. The number of fused-ring (bicyclic) bond motifs is 3. The SMILES string of the molecule is O=C(NCCCOCCOCCOCCOCCOCCOCCOCCOCCOCCOCCOCCOCCOCc1ccccc1)OCC1c2ccccc2-c2ccccc21. The van der Waals surface area contributed by atoms with Crippen LogP contribution < -0.4 is 5.32 Å². The smallest absolute Gasteiger partial charge is 0.407 e. The van der Waals surface area contributed by atoms with Gasteiger partial charge in [-0.3, -0.25) is 0 Å². The van der Waals surface area contributed by atoms with Gasteiger partial charge in [0, 0.05) is 19.1 Å². The van der Waals surface area contributed by atoms with Gasteiger partial charge in [0.05, 0.1) is 165 Å². The Kier molecular flexibility index (Phi) is 32.0. The molecule has 0 bridgehead atoms. The fraction of sp³-hybridized carbons (Fsp3) is 0.612. The minimum absolute atomic E-state index is 0.0463. The average Bonchev–Trinajstić information content (AvgIpc) is 3.66. The standard InChI is InChI=1S/C49H73NO15/c51-49(65-42-48-46-13-6-4-11-44(46)45-12-5-7-14-47(45)48)50-15-8-16-52-17-18-53-19-20-54-21-22-55-23-24-56-25-26-57-27-28-58-29-30-59-31-32-60-33-34-61-35-36-62-37-38-63-39-40-64-41-43-9-2-1-3-10-43/h1-7,9-14,48H,8,15-42H2,(H,50,51). The van der Waals surface area contributed by atoms with E-state index in [0.29, 0.717) is 191 Å². The molecule has 0 radical (unpaired) electrons. The Labute approximate surface area is 385 Å². The first-order chi connectivity index (χ1) is 32.3. The molecule has 0 spiro atoms. The lowest BCUT2D eigenvalue weighted by Gasteiger charge is -2.14. The van der Waals surface area contributed by atoms with E-state index in [9.17, 15) is 4.79 Å². The summed E-state index contributed by atoms with van der Waals surface area (Å²) in [4.78, 5) is 12.3. The van der Waals surface area contributed by atoms with Crippen LogP contribution in [-0.2, 0) is 72.9 Å². The maximum atomic E-state index is 12.3. The number of hydrogen-bond acceptors (Lipinski definition) is 15. The number of rotatable bonds is 44. The second-order valence-electron chi connectivity index (χ2n) is 14.5. The van der Waals surface area contributed by atoms with Gasteiger partial charge >= 0.3 is 6.09 Å². The Morgan fingerprint density at radius 3 is 1.05 bits per heavy atom. The molecule has 0 fully saturated rings. The normalized spacial score (nSPS) is 12.1. The molecule has 1 aliphatic carbocycles. The van der Waals surface area contributed by atoms with Crippen molar-refractivity contribution in [2.75, 3.05) is 178 Å². The van der Waals surface area contributed by atoms with Crippen molar-refractivity contribution in [1.82, 2.24) is 5.32 Å². The third kappa shape index (κ3) is 26.4. The first-order valence-electron chi connectivity index (χ1n) is 23.0. The molecule has 3 aromatic carbocycles. The molecule has 16 nitrogen and oxygen atoms in total. The lowest BCUT2D eigenvalue weighted by Crippen LogP contribution is -2.27. The monoisotopic (exact) mass is 915 g/mol. The second kappa shape index (κ2) is 38.5. The maximum absolute atomic E-state index is 12.3. The lowest BCUT2D eigenvalue weighted by atomic mass is 9.98. The molecule has 1 amide bonds. The van der Waals surface area contributed by atoms with Gasteiger partial charge in [-0.2, -0.15) is 0 Å². The number of carbonyl (C=O) groups is 1. The zero-order chi connectivity index (χ0) is 45.3. The van der Waals surface area contributed by atoms with Crippen molar-refractivity contribution in [3.63, 3.8) is 0 Å². The summed E-state index contributed by atoms with van der Waals surface area (Å²) in [7, 11) is 0.